The van der Waals surface area contributed by atoms with Crippen molar-refractivity contribution in [3.63, 3.8) is 0 Å². The SMILES string of the molecule is CC=Cc1cccc(C2CN(C(c3ccccc3)c3ccccc3)C2)c1. The van der Waals surface area contributed by atoms with Gasteiger partial charge in [-0.3, -0.25) is 4.90 Å². The maximum atomic E-state index is 2.59. The molecule has 0 saturated carbocycles. The smallest absolute Gasteiger partial charge is 0.0602 e. The van der Waals surface area contributed by atoms with Gasteiger partial charge in [-0.1, -0.05) is 97.1 Å². The minimum Gasteiger partial charge on any atom is -0.291 e. The van der Waals surface area contributed by atoms with Crippen molar-refractivity contribution in [2.24, 2.45) is 0 Å². The molecule has 3 aromatic carbocycles. The van der Waals surface area contributed by atoms with E-state index >= 15 is 0 Å². The zero-order valence-electron chi connectivity index (χ0n) is 15.3. The molecule has 1 saturated heterocycles. The van der Waals surface area contributed by atoms with Crippen LogP contribution in [0.2, 0.25) is 0 Å². The predicted molar refractivity (Wildman–Crippen MR) is 110 cm³/mol. The molecule has 0 spiro atoms. The summed E-state index contributed by atoms with van der Waals surface area (Å²) in [5.41, 5.74) is 5.50. The third kappa shape index (κ3) is 3.49. The average molecular weight is 339 g/mol. The molecule has 0 amide bonds. The van der Waals surface area contributed by atoms with E-state index < -0.39 is 0 Å². The molecule has 1 fully saturated rings. The Morgan fingerprint density at radius 1 is 0.808 bits per heavy atom. The van der Waals surface area contributed by atoms with Crippen LogP contribution in [-0.4, -0.2) is 18.0 Å². The quantitative estimate of drug-likeness (QED) is 0.558. The van der Waals surface area contributed by atoms with Crippen molar-refractivity contribution >= 4 is 6.08 Å². The molecule has 26 heavy (non-hydrogen) atoms. The normalized spacial score (nSPS) is 15.5. The number of hydrogen-bond acceptors (Lipinski definition) is 1. The van der Waals surface area contributed by atoms with E-state index in [-0.39, 0.29) is 0 Å². The van der Waals surface area contributed by atoms with Gasteiger partial charge in [0, 0.05) is 19.0 Å². The lowest BCUT2D eigenvalue weighted by Gasteiger charge is -2.45. The standard InChI is InChI=1S/C25H25N/c1-2-10-20-11-9-16-23(17-20)24-18-26(19-24)25(21-12-5-3-6-13-21)22-14-7-4-8-15-22/h2-17,24-25H,18-19H2,1H3. The van der Waals surface area contributed by atoms with Gasteiger partial charge in [0.05, 0.1) is 6.04 Å². The fraction of sp³-hybridized carbons (Fsp3) is 0.200. The zero-order valence-corrected chi connectivity index (χ0v) is 15.3. The lowest BCUT2D eigenvalue weighted by molar-refractivity contribution is 0.111. The Balaban J connectivity index is 1.56. The van der Waals surface area contributed by atoms with Crippen molar-refractivity contribution in [2.45, 2.75) is 18.9 Å². The lowest BCUT2D eigenvalue weighted by Crippen LogP contribution is -2.47. The van der Waals surface area contributed by atoms with E-state index in [1.54, 1.807) is 0 Å². The molecular formula is C25H25N. The van der Waals surface area contributed by atoms with Crippen LogP contribution in [0.3, 0.4) is 0 Å². The van der Waals surface area contributed by atoms with Crippen LogP contribution in [0.5, 0.6) is 0 Å². The Bertz CT molecular complexity index is 821. The maximum absolute atomic E-state index is 2.59. The summed E-state index contributed by atoms with van der Waals surface area (Å²) in [5, 5.41) is 0. The fourth-order valence-electron chi connectivity index (χ4n) is 3.93. The van der Waals surface area contributed by atoms with E-state index in [0.29, 0.717) is 12.0 Å². The average Bonchev–Trinajstić information content (AvgIpc) is 2.66. The van der Waals surface area contributed by atoms with Crippen LogP contribution in [0, 0.1) is 0 Å². The van der Waals surface area contributed by atoms with Gasteiger partial charge in [-0.25, -0.2) is 0 Å². The number of nitrogens with zero attached hydrogens (tertiary/aromatic N) is 1. The van der Waals surface area contributed by atoms with Crippen molar-refractivity contribution in [1.29, 1.82) is 0 Å². The van der Waals surface area contributed by atoms with Crippen LogP contribution in [0.4, 0.5) is 0 Å². The van der Waals surface area contributed by atoms with Crippen LogP contribution >= 0.6 is 0 Å². The van der Waals surface area contributed by atoms with Crippen molar-refractivity contribution < 1.29 is 0 Å². The van der Waals surface area contributed by atoms with Gasteiger partial charge in [0.25, 0.3) is 0 Å². The first kappa shape index (κ1) is 16.8. The molecule has 1 heterocycles. The molecule has 1 aliphatic rings. The lowest BCUT2D eigenvalue weighted by atomic mass is 9.86. The summed E-state index contributed by atoms with van der Waals surface area (Å²) >= 11 is 0. The Hall–Kier alpha value is -2.64. The summed E-state index contributed by atoms with van der Waals surface area (Å²) in [6, 6.07) is 31.1. The van der Waals surface area contributed by atoms with E-state index in [2.05, 4.69) is 109 Å². The Labute approximate surface area is 156 Å². The number of hydrogen-bond donors (Lipinski definition) is 0. The van der Waals surface area contributed by atoms with E-state index in [0.717, 1.165) is 13.1 Å². The van der Waals surface area contributed by atoms with Crippen LogP contribution in [0.25, 0.3) is 6.08 Å². The molecule has 0 unspecified atom stereocenters. The van der Waals surface area contributed by atoms with Crippen molar-refractivity contribution in [3.8, 4) is 0 Å². The monoisotopic (exact) mass is 339 g/mol. The van der Waals surface area contributed by atoms with Gasteiger partial charge >= 0.3 is 0 Å². The van der Waals surface area contributed by atoms with Crippen molar-refractivity contribution in [2.75, 3.05) is 13.1 Å². The highest BCUT2D eigenvalue weighted by Gasteiger charge is 2.34. The minimum absolute atomic E-state index is 0.340. The molecule has 0 bridgehead atoms. The second kappa shape index (κ2) is 7.72. The van der Waals surface area contributed by atoms with Crippen LogP contribution in [0.15, 0.2) is 91.0 Å². The molecular weight excluding hydrogens is 314 g/mol. The molecule has 4 rings (SSSR count). The minimum atomic E-state index is 0.340. The van der Waals surface area contributed by atoms with Gasteiger partial charge in [-0.2, -0.15) is 0 Å². The van der Waals surface area contributed by atoms with Crippen molar-refractivity contribution in [3.05, 3.63) is 113 Å². The molecule has 3 aromatic rings. The van der Waals surface area contributed by atoms with Gasteiger partial charge in [-0.15, -0.1) is 0 Å². The summed E-state index contributed by atoms with van der Waals surface area (Å²) in [7, 11) is 0. The van der Waals surface area contributed by atoms with Gasteiger partial charge in [0.1, 0.15) is 0 Å². The van der Waals surface area contributed by atoms with E-state index in [9.17, 15) is 0 Å². The second-order valence-electron chi connectivity index (χ2n) is 7.04. The molecule has 1 nitrogen and oxygen atoms in total. The van der Waals surface area contributed by atoms with E-state index in [1.165, 1.54) is 22.3 Å². The number of likely N-dealkylation sites (tertiary alicyclic amines) is 1. The van der Waals surface area contributed by atoms with Gasteiger partial charge < -0.3 is 0 Å². The highest BCUT2D eigenvalue weighted by Crippen LogP contribution is 2.38. The van der Waals surface area contributed by atoms with Crippen LogP contribution in [0.1, 0.15) is 41.1 Å². The topological polar surface area (TPSA) is 3.24 Å². The number of allylic oxidation sites excluding steroid dienone is 1. The molecule has 0 aliphatic carbocycles. The first-order valence-electron chi connectivity index (χ1n) is 9.42. The van der Waals surface area contributed by atoms with Crippen LogP contribution in [-0.2, 0) is 0 Å². The second-order valence-corrected chi connectivity index (χ2v) is 7.04. The van der Waals surface area contributed by atoms with E-state index in [1.807, 2.05) is 0 Å². The Morgan fingerprint density at radius 2 is 1.42 bits per heavy atom. The number of rotatable bonds is 5. The first-order valence-corrected chi connectivity index (χ1v) is 9.42. The van der Waals surface area contributed by atoms with E-state index in [4.69, 9.17) is 0 Å². The van der Waals surface area contributed by atoms with Crippen molar-refractivity contribution in [1.82, 2.24) is 4.90 Å². The summed E-state index contributed by atoms with van der Waals surface area (Å²) in [6.45, 7) is 4.28. The first-order chi connectivity index (χ1) is 12.8. The Morgan fingerprint density at radius 3 is 2.00 bits per heavy atom. The molecule has 0 radical (unpaired) electrons. The summed E-state index contributed by atoms with van der Waals surface area (Å²) in [5.74, 6) is 0.620. The summed E-state index contributed by atoms with van der Waals surface area (Å²) in [6.07, 6.45) is 4.28. The fourth-order valence-corrected chi connectivity index (χ4v) is 3.93. The summed E-state index contributed by atoms with van der Waals surface area (Å²) < 4.78 is 0. The molecule has 0 atom stereocenters. The van der Waals surface area contributed by atoms with Gasteiger partial charge in [0.2, 0.25) is 0 Å². The predicted octanol–water partition coefficient (Wildman–Crippen LogP) is 5.91. The van der Waals surface area contributed by atoms with Gasteiger partial charge in [0.15, 0.2) is 0 Å². The maximum Gasteiger partial charge on any atom is 0.0602 e. The highest BCUT2D eigenvalue weighted by atomic mass is 15.2. The zero-order chi connectivity index (χ0) is 17.8. The molecule has 1 aliphatic heterocycles. The molecule has 130 valence electrons. The largest absolute Gasteiger partial charge is 0.291 e. The molecule has 0 N–H and O–H groups in total. The summed E-state index contributed by atoms with van der Waals surface area (Å²) in [4.78, 5) is 2.59. The number of benzene rings is 3. The third-order valence-electron chi connectivity index (χ3n) is 5.25. The van der Waals surface area contributed by atoms with Crippen LogP contribution < -0.4 is 0 Å². The van der Waals surface area contributed by atoms with Gasteiger partial charge in [-0.05, 0) is 29.2 Å². The molecule has 1 heteroatoms. The third-order valence-corrected chi connectivity index (χ3v) is 5.25. The Kier molecular flexibility index (Phi) is 4.99. The highest BCUT2D eigenvalue weighted by molar-refractivity contribution is 5.50. The molecule has 0 aromatic heterocycles.